The maximum absolute atomic E-state index is 6.01. The van der Waals surface area contributed by atoms with E-state index in [9.17, 15) is 0 Å². The molecule has 0 aromatic carbocycles. The van der Waals surface area contributed by atoms with E-state index in [1.165, 1.54) is 4.68 Å². The van der Waals surface area contributed by atoms with Gasteiger partial charge in [-0.05, 0) is 12.8 Å². The second-order valence-corrected chi connectivity index (χ2v) is 4.65. The fourth-order valence-electron chi connectivity index (χ4n) is 2.16. The fraction of sp³-hybridized carbons (Fsp3) is 0.727. The lowest BCUT2D eigenvalue weighted by atomic mass is 9.96. The molecule has 1 fully saturated rings. The predicted octanol–water partition coefficient (Wildman–Crippen LogP) is 1.20. The van der Waals surface area contributed by atoms with E-state index in [2.05, 4.69) is 18.8 Å². The number of ether oxygens (including phenoxy) is 1. The van der Waals surface area contributed by atoms with Crippen LogP contribution in [0.5, 0.6) is 0 Å². The maximum Gasteiger partial charge on any atom is 0.146 e. The normalized spacial score (nSPS) is 18.2. The molecule has 5 nitrogen and oxygen atoms in total. The predicted molar refractivity (Wildman–Crippen MR) is 63.7 cm³/mol. The third-order valence-electron chi connectivity index (χ3n) is 3.13. The van der Waals surface area contributed by atoms with Crippen molar-refractivity contribution in [3.8, 4) is 0 Å². The molecule has 1 aliphatic heterocycles. The molecule has 1 aliphatic rings. The fourth-order valence-corrected chi connectivity index (χ4v) is 2.16. The number of nitrogens with two attached hydrogens (primary N) is 2. The molecule has 2 rings (SSSR count). The Bertz CT molecular complexity index is 366. The molecule has 5 heteroatoms. The average Bonchev–Trinajstić information content (AvgIpc) is 2.58. The van der Waals surface area contributed by atoms with Crippen molar-refractivity contribution in [2.75, 3.05) is 24.8 Å². The van der Waals surface area contributed by atoms with E-state index in [1.54, 1.807) is 0 Å². The van der Waals surface area contributed by atoms with Gasteiger partial charge in [-0.25, -0.2) is 9.66 Å². The molecular formula is C11H20N4O. The van der Waals surface area contributed by atoms with Crippen LogP contribution in [0.1, 0.15) is 50.0 Å². The van der Waals surface area contributed by atoms with Crippen molar-refractivity contribution in [1.82, 2.24) is 9.66 Å². The zero-order valence-corrected chi connectivity index (χ0v) is 9.94. The first-order valence-electron chi connectivity index (χ1n) is 5.82. The lowest BCUT2D eigenvalue weighted by molar-refractivity contribution is 0.0847. The Labute approximate surface area is 95.7 Å². The van der Waals surface area contributed by atoms with E-state index < -0.39 is 0 Å². The number of rotatable bonds is 2. The summed E-state index contributed by atoms with van der Waals surface area (Å²) in [7, 11) is 0. The van der Waals surface area contributed by atoms with Crippen LogP contribution in [0.3, 0.4) is 0 Å². The number of hydrogen-bond acceptors (Lipinski definition) is 4. The van der Waals surface area contributed by atoms with Gasteiger partial charge in [0.25, 0.3) is 0 Å². The number of hydrogen-bond donors (Lipinski definition) is 2. The molecule has 1 aromatic rings. The van der Waals surface area contributed by atoms with Gasteiger partial charge in [0.05, 0.1) is 5.69 Å². The quantitative estimate of drug-likeness (QED) is 0.740. The van der Waals surface area contributed by atoms with Gasteiger partial charge in [-0.15, -0.1) is 0 Å². The summed E-state index contributed by atoms with van der Waals surface area (Å²) in [5, 5.41) is 0. The van der Waals surface area contributed by atoms with E-state index in [0.29, 0.717) is 17.7 Å². The minimum atomic E-state index is 0.292. The van der Waals surface area contributed by atoms with Gasteiger partial charge in [0.2, 0.25) is 0 Å². The Morgan fingerprint density at radius 2 is 2.00 bits per heavy atom. The summed E-state index contributed by atoms with van der Waals surface area (Å²) in [4.78, 5) is 4.59. The van der Waals surface area contributed by atoms with Crippen LogP contribution in [0, 0.1) is 0 Å². The molecule has 0 spiro atoms. The monoisotopic (exact) mass is 224 g/mol. The van der Waals surface area contributed by atoms with Crippen molar-refractivity contribution in [3.63, 3.8) is 0 Å². The van der Waals surface area contributed by atoms with Crippen LogP contribution < -0.4 is 11.6 Å². The smallest absolute Gasteiger partial charge is 0.146 e. The largest absolute Gasteiger partial charge is 0.382 e. The Kier molecular flexibility index (Phi) is 3.05. The highest BCUT2D eigenvalue weighted by Crippen LogP contribution is 2.31. The number of imidazole rings is 1. The number of nitrogen functional groups attached to an aromatic ring is 2. The highest BCUT2D eigenvalue weighted by molar-refractivity contribution is 5.41. The van der Waals surface area contributed by atoms with Crippen LogP contribution >= 0.6 is 0 Å². The second kappa shape index (κ2) is 4.33. The van der Waals surface area contributed by atoms with Crippen molar-refractivity contribution >= 4 is 5.82 Å². The minimum absolute atomic E-state index is 0.292. The Morgan fingerprint density at radius 3 is 2.50 bits per heavy atom. The first-order valence-corrected chi connectivity index (χ1v) is 5.82. The first-order chi connectivity index (χ1) is 7.61. The van der Waals surface area contributed by atoms with Gasteiger partial charge in [-0.3, -0.25) is 0 Å². The molecule has 16 heavy (non-hydrogen) atoms. The number of anilines is 1. The Balaban J connectivity index is 2.30. The summed E-state index contributed by atoms with van der Waals surface area (Å²) in [5.74, 6) is 8.07. The maximum atomic E-state index is 6.01. The standard InChI is InChI=1S/C11H20N4O/c1-7(2)11-14-9(10(12)15(11)13)8-3-5-16-6-4-8/h7-8H,3-6,12-13H2,1-2H3. The van der Waals surface area contributed by atoms with Crippen molar-refractivity contribution in [3.05, 3.63) is 11.5 Å². The van der Waals surface area contributed by atoms with Crippen LogP contribution in [0.2, 0.25) is 0 Å². The number of nitrogens with zero attached hydrogens (tertiary/aromatic N) is 2. The topological polar surface area (TPSA) is 79.1 Å². The van der Waals surface area contributed by atoms with Gasteiger partial charge in [0.15, 0.2) is 0 Å². The summed E-state index contributed by atoms with van der Waals surface area (Å²) in [6.07, 6.45) is 1.97. The molecular weight excluding hydrogens is 204 g/mol. The summed E-state index contributed by atoms with van der Waals surface area (Å²) in [5.41, 5.74) is 6.96. The molecule has 2 heterocycles. The first kappa shape index (κ1) is 11.3. The summed E-state index contributed by atoms with van der Waals surface area (Å²) in [6, 6.07) is 0. The minimum Gasteiger partial charge on any atom is -0.382 e. The van der Waals surface area contributed by atoms with Crippen LogP contribution in [0.4, 0.5) is 5.82 Å². The third kappa shape index (κ3) is 1.87. The molecule has 1 saturated heterocycles. The van der Waals surface area contributed by atoms with Gasteiger partial charge < -0.3 is 16.3 Å². The molecule has 0 atom stereocenters. The molecule has 0 unspecified atom stereocenters. The average molecular weight is 224 g/mol. The summed E-state index contributed by atoms with van der Waals surface area (Å²) in [6.45, 7) is 5.72. The summed E-state index contributed by atoms with van der Waals surface area (Å²) >= 11 is 0. The SMILES string of the molecule is CC(C)c1nc(C2CCOCC2)c(N)n1N. The van der Waals surface area contributed by atoms with Gasteiger partial charge >= 0.3 is 0 Å². The van der Waals surface area contributed by atoms with E-state index in [0.717, 1.165) is 37.6 Å². The number of aromatic nitrogens is 2. The molecule has 1 aromatic heterocycles. The highest BCUT2D eigenvalue weighted by atomic mass is 16.5. The summed E-state index contributed by atoms with van der Waals surface area (Å²) < 4.78 is 6.86. The molecule has 90 valence electrons. The zero-order valence-electron chi connectivity index (χ0n) is 9.94. The molecule has 0 radical (unpaired) electrons. The lowest BCUT2D eigenvalue weighted by Gasteiger charge is -2.20. The van der Waals surface area contributed by atoms with E-state index in [-0.39, 0.29) is 0 Å². The Morgan fingerprint density at radius 1 is 1.38 bits per heavy atom. The lowest BCUT2D eigenvalue weighted by Crippen LogP contribution is -2.18. The third-order valence-corrected chi connectivity index (χ3v) is 3.13. The van der Waals surface area contributed by atoms with Crippen molar-refractivity contribution in [2.24, 2.45) is 0 Å². The van der Waals surface area contributed by atoms with Gasteiger partial charge in [-0.2, -0.15) is 0 Å². The zero-order chi connectivity index (χ0) is 11.7. The van der Waals surface area contributed by atoms with E-state index in [1.807, 2.05) is 0 Å². The Hall–Kier alpha value is -1.23. The molecule has 0 bridgehead atoms. The van der Waals surface area contributed by atoms with Crippen molar-refractivity contribution in [1.29, 1.82) is 0 Å². The molecule has 0 amide bonds. The van der Waals surface area contributed by atoms with Crippen LogP contribution in [-0.4, -0.2) is 22.9 Å². The van der Waals surface area contributed by atoms with Crippen molar-refractivity contribution in [2.45, 2.75) is 38.5 Å². The van der Waals surface area contributed by atoms with Crippen LogP contribution in [0.15, 0.2) is 0 Å². The van der Waals surface area contributed by atoms with Gasteiger partial charge in [-0.1, -0.05) is 13.8 Å². The molecule has 4 N–H and O–H groups in total. The van der Waals surface area contributed by atoms with Crippen LogP contribution in [-0.2, 0) is 4.74 Å². The van der Waals surface area contributed by atoms with E-state index in [4.69, 9.17) is 16.3 Å². The van der Waals surface area contributed by atoms with E-state index >= 15 is 0 Å². The second-order valence-electron chi connectivity index (χ2n) is 4.65. The van der Waals surface area contributed by atoms with Crippen LogP contribution in [0.25, 0.3) is 0 Å². The van der Waals surface area contributed by atoms with Gasteiger partial charge in [0.1, 0.15) is 11.6 Å². The van der Waals surface area contributed by atoms with Crippen molar-refractivity contribution < 1.29 is 4.74 Å². The highest BCUT2D eigenvalue weighted by Gasteiger charge is 2.24. The molecule has 0 saturated carbocycles. The van der Waals surface area contributed by atoms with Gasteiger partial charge in [0, 0.05) is 25.0 Å². The molecule has 0 aliphatic carbocycles.